The first-order valence-electron chi connectivity index (χ1n) is 8.35. The Hall–Kier alpha value is -2.45. The van der Waals surface area contributed by atoms with Crippen molar-refractivity contribution in [2.75, 3.05) is 11.1 Å². The zero-order chi connectivity index (χ0) is 18.8. The molecule has 2 heterocycles. The van der Waals surface area contributed by atoms with Crippen molar-refractivity contribution >= 4 is 35.0 Å². The van der Waals surface area contributed by atoms with E-state index in [0.717, 1.165) is 30.3 Å². The van der Waals surface area contributed by atoms with Gasteiger partial charge in [0.25, 0.3) is 0 Å². The fourth-order valence-electron chi connectivity index (χ4n) is 2.64. The van der Waals surface area contributed by atoms with Gasteiger partial charge in [0.2, 0.25) is 5.91 Å². The van der Waals surface area contributed by atoms with Gasteiger partial charge in [-0.1, -0.05) is 23.4 Å². The molecule has 1 N–H and O–H groups in total. The summed E-state index contributed by atoms with van der Waals surface area (Å²) in [7, 11) is 0. The van der Waals surface area contributed by atoms with Crippen molar-refractivity contribution in [2.45, 2.75) is 24.0 Å². The van der Waals surface area contributed by atoms with Crippen molar-refractivity contribution in [3.05, 3.63) is 53.6 Å². The predicted octanol–water partition coefficient (Wildman–Crippen LogP) is 4.20. The minimum Gasteiger partial charge on any atom is -0.324 e. The molecule has 0 radical (unpaired) electrons. The Morgan fingerprint density at radius 2 is 2.04 bits per heavy atom. The lowest BCUT2D eigenvalue weighted by atomic mass is 10.2. The van der Waals surface area contributed by atoms with E-state index in [2.05, 4.69) is 25.1 Å². The molecular formula is C18H15ClFN5OS. The second-order valence-corrected chi connectivity index (χ2v) is 7.45. The van der Waals surface area contributed by atoms with E-state index in [-0.39, 0.29) is 16.7 Å². The highest BCUT2D eigenvalue weighted by atomic mass is 35.5. The quantitative estimate of drug-likeness (QED) is 0.624. The number of anilines is 1. The van der Waals surface area contributed by atoms with E-state index < -0.39 is 5.82 Å². The second kappa shape index (κ2) is 7.66. The molecule has 9 heteroatoms. The molecule has 0 saturated heterocycles. The first-order chi connectivity index (χ1) is 13.1. The molecule has 6 nitrogen and oxygen atoms in total. The average Bonchev–Trinajstić information content (AvgIpc) is 3.42. The SMILES string of the molecule is O=C(CSc1nnc(-c2ccncc2)n1C1CC1)Nc1ccc(F)cc1Cl. The number of halogens is 2. The number of rotatable bonds is 6. The minimum absolute atomic E-state index is 0.148. The Morgan fingerprint density at radius 3 is 2.74 bits per heavy atom. The molecule has 0 aliphatic heterocycles. The number of nitrogens with one attached hydrogen (secondary N) is 1. The lowest BCUT2D eigenvalue weighted by Gasteiger charge is -2.09. The van der Waals surface area contributed by atoms with Gasteiger partial charge >= 0.3 is 0 Å². The molecule has 0 bridgehead atoms. The van der Waals surface area contributed by atoms with E-state index in [9.17, 15) is 9.18 Å². The summed E-state index contributed by atoms with van der Waals surface area (Å²) in [6, 6.07) is 7.99. The molecule has 0 atom stereocenters. The maximum absolute atomic E-state index is 13.1. The molecule has 4 rings (SSSR count). The van der Waals surface area contributed by atoms with E-state index >= 15 is 0 Å². The number of thioether (sulfide) groups is 1. The van der Waals surface area contributed by atoms with Crippen LogP contribution in [0, 0.1) is 5.82 Å². The van der Waals surface area contributed by atoms with Crippen LogP contribution in [0.15, 0.2) is 47.9 Å². The highest BCUT2D eigenvalue weighted by molar-refractivity contribution is 7.99. The Balaban J connectivity index is 1.47. The number of carbonyl (C=O) groups excluding carboxylic acids is 1. The molecule has 0 spiro atoms. The van der Waals surface area contributed by atoms with Crippen molar-refractivity contribution in [3.8, 4) is 11.4 Å². The van der Waals surface area contributed by atoms with Crippen LogP contribution in [0.4, 0.5) is 10.1 Å². The number of pyridine rings is 1. The van der Waals surface area contributed by atoms with E-state index in [1.54, 1.807) is 12.4 Å². The van der Waals surface area contributed by atoms with Crippen molar-refractivity contribution < 1.29 is 9.18 Å². The first kappa shape index (κ1) is 17.9. The molecule has 1 aliphatic carbocycles. The van der Waals surface area contributed by atoms with Crippen molar-refractivity contribution in [2.24, 2.45) is 0 Å². The molecule has 1 fully saturated rings. The zero-order valence-corrected chi connectivity index (χ0v) is 15.7. The monoisotopic (exact) mass is 403 g/mol. The summed E-state index contributed by atoms with van der Waals surface area (Å²) in [4.78, 5) is 16.3. The Kier molecular flexibility index (Phi) is 5.09. The summed E-state index contributed by atoms with van der Waals surface area (Å²) in [5, 5.41) is 12.1. The van der Waals surface area contributed by atoms with Crippen LogP contribution in [0.1, 0.15) is 18.9 Å². The van der Waals surface area contributed by atoms with Gasteiger partial charge in [-0.3, -0.25) is 14.3 Å². The average molecular weight is 404 g/mol. The van der Waals surface area contributed by atoms with Gasteiger partial charge in [0.15, 0.2) is 11.0 Å². The van der Waals surface area contributed by atoms with Gasteiger partial charge in [-0.15, -0.1) is 10.2 Å². The van der Waals surface area contributed by atoms with Crippen LogP contribution in [0.3, 0.4) is 0 Å². The second-order valence-electron chi connectivity index (χ2n) is 6.10. The minimum atomic E-state index is -0.450. The maximum atomic E-state index is 13.1. The Labute approximate surface area is 164 Å². The molecule has 1 saturated carbocycles. The summed E-state index contributed by atoms with van der Waals surface area (Å²) in [5.74, 6) is 0.233. The van der Waals surface area contributed by atoms with Gasteiger partial charge in [-0.05, 0) is 43.2 Å². The van der Waals surface area contributed by atoms with Gasteiger partial charge in [0.05, 0.1) is 16.5 Å². The molecule has 0 unspecified atom stereocenters. The fourth-order valence-corrected chi connectivity index (χ4v) is 3.66. The number of benzene rings is 1. The Morgan fingerprint density at radius 1 is 1.26 bits per heavy atom. The van der Waals surface area contributed by atoms with Crippen LogP contribution in [0.5, 0.6) is 0 Å². The number of hydrogen-bond donors (Lipinski definition) is 1. The van der Waals surface area contributed by atoms with E-state index in [1.165, 1.54) is 23.9 Å². The normalized spacial score (nSPS) is 13.6. The van der Waals surface area contributed by atoms with Crippen LogP contribution in [-0.2, 0) is 4.79 Å². The van der Waals surface area contributed by atoms with Gasteiger partial charge in [0.1, 0.15) is 5.82 Å². The summed E-state index contributed by atoms with van der Waals surface area (Å²) >= 11 is 7.26. The van der Waals surface area contributed by atoms with Crippen molar-refractivity contribution in [1.29, 1.82) is 0 Å². The maximum Gasteiger partial charge on any atom is 0.234 e. The molecule has 2 aromatic heterocycles. The van der Waals surface area contributed by atoms with Crippen LogP contribution in [-0.4, -0.2) is 31.4 Å². The number of nitrogens with zero attached hydrogens (tertiary/aromatic N) is 4. The number of hydrogen-bond acceptors (Lipinski definition) is 5. The van der Waals surface area contributed by atoms with E-state index in [4.69, 9.17) is 11.6 Å². The third-order valence-corrected chi connectivity index (χ3v) is 5.31. The summed E-state index contributed by atoms with van der Waals surface area (Å²) in [6.07, 6.45) is 5.57. The van der Waals surface area contributed by atoms with Gasteiger partial charge in [-0.2, -0.15) is 0 Å². The summed E-state index contributed by atoms with van der Waals surface area (Å²) in [6.45, 7) is 0. The van der Waals surface area contributed by atoms with Crippen LogP contribution in [0.25, 0.3) is 11.4 Å². The van der Waals surface area contributed by atoms with Gasteiger partial charge < -0.3 is 5.32 Å². The van der Waals surface area contributed by atoms with Crippen LogP contribution in [0.2, 0.25) is 5.02 Å². The molecular weight excluding hydrogens is 389 g/mol. The highest BCUT2D eigenvalue weighted by Crippen LogP contribution is 2.41. The van der Waals surface area contributed by atoms with Gasteiger partial charge in [0, 0.05) is 24.0 Å². The van der Waals surface area contributed by atoms with E-state index in [0.29, 0.717) is 16.9 Å². The predicted molar refractivity (Wildman–Crippen MR) is 102 cm³/mol. The van der Waals surface area contributed by atoms with Gasteiger partial charge in [-0.25, -0.2) is 4.39 Å². The number of carbonyl (C=O) groups is 1. The summed E-state index contributed by atoms with van der Waals surface area (Å²) in [5.41, 5.74) is 1.32. The lowest BCUT2D eigenvalue weighted by molar-refractivity contribution is -0.113. The standard InChI is InChI=1S/C18H15ClFN5OS/c19-14-9-12(20)1-4-15(14)22-16(26)10-27-18-24-23-17(25(18)13-2-3-13)11-5-7-21-8-6-11/h1,4-9,13H,2-3,10H2,(H,22,26). The zero-order valence-electron chi connectivity index (χ0n) is 14.1. The largest absolute Gasteiger partial charge is 0.324 e. The van der Waals surface area contributed by atoms with Crippen molar-refractivity contribution in [1.82, 2.24) is 19.7 Å². The third kappa shape index (κ3) is 4.12. The Bertz CT molecular complexity index is 977. The topological polar surface area (TPSA) is 72.7 Å². The number of aromatic nitrogens is 4. The molecule has 3 aromatic rings. The van der Waals surface area contributed by atoms with Crippen molar-refractivity contribution in [3.63, 3.8) is 0 Å². The molecule has 1 aliphatic rings. The number of amides is 1. The lowest BCUT2D eigenvalue weighted by Crippen LogP contribution is -2.15. The van der Waals surface area contributed by atoms with Crippen LogP contribution >= 0.6 is 23.4 Å². The molecule has 1 amide bonds. The summed E-state index contributed by atoms with van der Waals surface area (Å²) < 4.78 is 15.2. The van der Waals surface area contributed by atoms with E-state index in [1.807, 2.05) is 12.1 Å². The first-order valence-corrected chi connectivity index (χ1v) is 9.71. The molecule has 138 valence electrons. The smallest absolute Gasteiger partial charge is 0.234 e. The molecule has 1 aromatic carbocycles. The highest BCUT2D eigenvalue weighted by Gasteiger charge is 2.30. The fraction of sp³-hybridized carbons (Fsp3) is 0.222. The van der Waals surface area contributed by atoms with Crippen LogP contribution < -0.4 is 5.32 Å². The third-order valence-electron chi connectivity index (χ3n) is 4.05. The molecule has 27 heavy (non-hydrogen) atoms.